The Hall–Kier alpha value is -1.69. The third-order valence-corrected chi connectivity index (χ3v) is 1.36. The smallest absolute Gasteiger partial charge is 0.237 e. The Bertz CT molecular complexity index is 344. The molecule has 0 atom stereocenters. The number of nitrogens with zero attached hydrogens (tertiary/aromatic N) is 3. The highest BCUT2D eigenvalue weighted by atomic mass is 14.9. The number of rotatable bonds is 1. The fourth-order valence-electron chi connectivity index (χ4n) is 0.760. The quantitative estimate of drug-likeness (QED) is 0.578. The lowest BCUT2D eigenvalue weighted by Crippen LogP contribution is -1.78. The van der Waals surface area contributed by atoms with Gasteiger partial charge in [0.05, 0.1) is 0 Å². The first-order valence-electron chi connectivity index (χ1n) is 3.63. The molecule has 1 heterocycles. The van der Waals surface area contributed by atoms with Gasteiger partial charge in [-0.15, -0.1) is 0 Å². The second-order valence-corrected chi connectivity index (χ2v) is 2.25. The molecule has 3 heteroatoms. The van der Waals surface area contributed by atoms with Gasteiger partial charge in [0.25, 0.3) is 7.05 Å². The largest absolute Gasteiger partial charge is 0.322 e. The van der Waals surface area contributed by atoms with E-state index >= 15 is 0 Å². The van der Waals surface area contributed by atoms with Crippen LogP contribution >= 0.6 is 0 Å². The molecule has 60 valence electrons. The molecule has 0 aliphatic heterocycles. The molecule has 1 aromatic heterocycles. The van der Waals surface area contributed by atoms with Crippen molar-refractivity contribution < 1.29 is 0 Å². The van der Waals surface area contributed by atoms with Gasteiger partial charge in [-0.1, -0.05) is 10.9 Å². The van der Waals surface area contributed by atoms with E-state index in [4.69, 9.17) is 0 Å². The summed E-state index contributed by atoms with van der Waals surface area (Å²) in [5, 5.41) is 0. The van der Waals surface area contributed by atoms with Crippen molar-refractivity contribution in [2.45, 2.75) is 6.92 Å². The third-order valence-electron chi connectivity index (χ3n) is 1.36. The molecule has 0 saturated carbocycles. The van der Waals surface area contributed by atoms with Crippen LogP contribution in [0.1, 0.15) is 5.56 Å². The summed E-state index contributed by atoms with van der Waals surface area (Å²) in [6, 6.07) is 6.46. The molecule has 0 spiro atoms. The highest BCUT2D eigenvalue weighted by molar-refractivity contribution is 5.79. The van der Waals surface area contributed by atoms with Gasteiger partial charge in [0.1, 0.15) is 0 Å². The first-order chi connectivity index (χ1) is 5.84. The summed E-state index contributed by atoms with van der Waals surface area (Å²) in [4.78, 5) is 11.8. The van der Waals surface area contributed by atoms with Gasteiger partial charge in [0.15, 0.2) is 12.0 Å². The Morgan fingerprint density at radius 2 is 2.50 bits per heavy atom. The van der Waals surface area contributed by atoms with E-state index in [9.17, 15) is 0 Å². The van der Waals surface area contributed by atoms with E-state index in [1.807, 2.05) is 19.1 Å². The van der Waals surface area contributed by atoms with E-state index in [1.165, 1.54) is 6.21 Å². The topological polar surface area (TPSA) is 29.6 Å². The average molecular weight is 160 g/mol. The number of aliphatic imine (C=N–C) groups is 1. The second-order valence-electron chi connectivity index (χ2n) is 2.25. The normalized spacial score (nSPS) is 9.50. The van der Waals surface area contributed by atoms with Gasteiger partial charge in [-0.3, -0.25) is 0 Å². The van der Waals surface area contributed by atoms with Crippen LogP contribution in [-0.2, 0) is 0 Å². The first kappa shape index (κ1) is 8.41. The van der Waals surface area contributed by atoms with E-state index < -0.39 is 0 Å². The lowest BCUT2D eigenvalue weighted by Gasteiger charge is -1.93. The van der Waals surface area contributed by atoms with Gasteiger partial charge in [-0.2, -0.15) is 0 Å². The SMILES string of the molecule is C[N+]#C/C=N\c1ncccc1C. The van der Waals surface area contributed by atoms with Crippen LogP contribution in [-0.4, -0.2) is 18.2 Å². The lowest BCUT2D eigenvalue weighted by molar-refractivity contribution is 1.23. The summed E-state index contributed by atoms with van der Waals surface area (Å²) in [7, 11) is 1.65. The maximum atomic E-state index is 4.07. The van der Waals surface area contributed by atoms with Gasteiger partial charge < -0.3 is 0 Å². The van der Waals surface area contributed by atoms with Gasteiger partial charge in [0.2, 0.25) is 0 Å². The minimum Gasteiger partial charge on any atom is -0.237 e. The second kappa shape index (κ2) is 4.24. The van der Waals surface area contributed by atoms with E-state index in [0.29, 0.717) is 5.82 Å². The monoisotopic (exact) mass is 160 g/mol. The number of hydrogen-bond acceptors (Lipinski definition) is 2. The molecule has 0 amide bonds. The van der Waals surface area contributed by atoms with Gasteiger partial charge in [-0.05, 0) is 18.6 Å². The predicted molar refractivity (Wildman–Crippen MR) is 50.3 cm³/mol. The zero-order valence-electron chi connectivity index (χ0n) is 7.15. The number of aryl methyl sites for hydroxylation is 1. The molecule has 0 fully saturated rings. The summed E-state index contributed by atoms with van der Waals surface area (Å²) in [6.45, 7) is 1.96. The predicted octanol–water partition coefficient (Wildman–Crippen LogP) is 2.06. The molecule has 0 aliphatic carbocycles. The summed E-state index contributed by atoms with van der Waals surface area (Å²) in [5.41, 5.74) is 1.05. The van der Waals surface area contributed by atoms with Crippen LogP contribution < -0.4 is 0 Å². The van der Waals surface area contributed by atoms with E-state index in [-0.39, 0.29) is 0 Å². The van der Waals surface area contributed by atoms with Gasteiger partial charge >= 0.3 is 6.07 Å². The maximum Gasteiger partial charge on any atom is 0.322 e. The Morgan fingerprint density at radius 3 is 3.17 bits per heavy atom. The van der Waals surface area contributed by atoms with Crippen molar-refractivity contribution in [3.8, 4) is 6.07 Å². The van der Waals surface area contributed by atoms with Crippen molar-refractivity contribution in [1.29, 1.82) is 0 Å². The van der Waals surface area contributed by atoms with Crippen LogP contribution in [0.2, 0.25) is 0 Å². The van der Waals surface area contributed by atoms with Crippen molar-refractivity contribution in [3.05, 3.63) is 28.7 Å². The Labute approximate surface area is 71.6 Å². The molecular formula is C9H10N3+. The average Bonchev–Trinajstić information content (AvgIpc) is 2.09. The Morgan fingerprint density at radius 1 is 1.67 bits per heavy atom. The molecule has 0 unspecified atom stereocenters. The lowest BCUT2D eigenvalue weighted by atomic mass is 10.3. The third kappa shape index (κ3) is 2.17. The molecule has 0 bridgehead atoms. The number of hydrogen-bond donors (Lipinski definition) is 0. The molecule has 0 N–H and O–H groups in total. The van der Waals surface area contributed by atoms with Gasteiger partial charge in [-0.25, -0.2) is 9.98 Å². The maximum absolute atomic E-state index is 4.07. The number of pyridine rings is 1. The van der Waals surface area contributed by atoms with Crippen molar-refractivity contribution in [2.24, 2.45) is 4.99 Å². The van der Waals surface area contributed by atoms with Crippen molar-refractivity contribution in [1.82, 2.24) is 4.98 Å². The minimum absolute atomic E-state index is 0.716. The molecular weight excluding hydrogens is 150 g/mol. The highest BCUT2D eigenvalue weighted by Gasteiger charge is 1.92. The Balaban J connectivity index is 2.87. The summed E-state index contributed by atoms with van der Waals surface area (Å²) in [6.07, 6.45) is 3.22. The molecule has 12 heavy (non-hydrogen) atoms. The van der Waals surface area contributed by atoms with Crippen LogP contribution in [0.5, 0.6) is 0 Å². The standard InChI is InChI=1S/C9H10N3/c1-8-4-3-5-11-9(8)12-7-6-10-2/h3-5,7H,1-2H3/q+1/b12-7-. The summed E-state index contributed by atoms with van der Waals surface area (Å²) < 4.78 is 0. The molecule has 1 aromatic rings. The fourth-order valence-corrected chi connectivity index (χ4v) is 0.760. The van der Waals surface area contributed by atoms with Crippen LogP contribution in [0.4, 0.5) is 5.82 Å². The molecule has 0 radical (unpaired) electrons. The Kier molecular flexibility index (Phi) is 2.97. The zero-order chi connectivity index (χ0) is 8.81. The van der Waals surface area contributed by atoms with Crippen molar-refractivity contribution in [3.63, 3.8) is 0 Å². The number of aromatic nitrogens is 1. The zero-order valence-corrected chi connectivity index (χ0v) is 7.15. The molecule has 0 saturated heterocycles. The van der Waals surface area contributed by atoms with E-state index in [1.54, 1.807) is 13.2 Å². The molecule has 0 aromatic carbocycles. The van der Waals surface area contributed by atoms with Crippen LogP contribution in [0.15, 0.2) is 23.3 Å². The van der Waals surface area contributed by atoms with Crippen LogP contribution in [0.25, 0.3) is 4.85 Å². The molecule has 3 nitrogen and oxygen atoms in total. The van der Waals surface area contributed by atoms with Crippen LogP contribution in [0, 0.1) is 13.0 Å². The summed E-state index contributed by atoms with van der Waals surface area (Å²) >= 11 is 0. The minimum atomic E-state index is 0.716. The van der Waals surface area contributed by atoms with E-state index in [2.05, 4.69) is 20.9 Å². The molecule has 0 aliphatic rings. The van der Waals surface area contributed by atoms with Crippen molar-refractivity contribution >= 4 is 12.0 Å². The fraction of sp³-hybridized carbons (Fsp3) is 0.222. The van der Waals surface area contributed by atoms with E-state index in [0.717, 1.165) is 5.56 Å². The van der Waals surface area contributed by atoms with Gasteiger partial charge in [0, 0.05) is 6.20 Å². The summed E-state index contributed by atoms with van der Waals surface area (Å²) in [5.74, 6) is 0.716. The molecule has 1 rings (SSSR count). The highest BCUT2D eigenvalue weighted by Crippen LogP contribution is 2.11. The van der Waals surface area contributed by atoms with Crippen LogP contribution in [0.3, 0.4) is 0 Å². The first-order valence-corrected chi connectivity index (χ1v) is 3.63. The van der Waals surface area contributed by atoms with Crippen molar-refractivity contribution in [2.75, 3.05) is 7.05 Å².